The Balaban J connectivity index is 2.10. The standard InChI is InChI=1S/C19H26O8/c20-16(21)11-15(19(24)25)12(9-17(22)26-13-5-1-2-6-13)10-18(23)27-14-7-3-4-8-14/h13-14H,1-11H2,(H,20,21)(H,24,25). The van der Waals surface area contributed by atoms with Crippen LogP contribution in [0.15, 0.2) is 11.1 Å². The van der Waals surface area contributed by atoms with Gasteiger partial charge in [-0.25, -0.2) is 4.79 Å². The second kappa shape index (κ2) is 10.1. The summed E-state index contributed by atoms with van der Waals surface area (Å²) in [4.78, 5) is 46.9. The molecule has 2 aliphatic carbocycles. The molecule has 2 saturated carbocycles. The average Bonchev–Trinajstić information content (AvgIpc) is 3.25. The van der Waals surface area contributed by atoms with Crippen molar-refractivity contribution < 1.29 is 38.9 Å². The van der Waals surface area contributed by atoms with Gasteiger partial charge in [0.15, 0.2) is 0 Å². The zero-order valence-electron chi connectivity index (χ0n) is 15.3. The molecule has 0 radical (unpaired) electrons. The Morgan fingerprint density at radius 1 is 0.704 bits per heavy atom. The van der Waals surface area contributed by atoms with Crippen LogP contribution in [0.5, 0.6) is 0 Å². The number of carbonyl (C=O) groups is 4. The molecule has 150 valence electrons. The lowest BCUT2D eigenvalue weighted by atomic mass is 9.99. The highest BCUT2D eigenvalue weighted by molar-refractivity contribution is 5.95. The highest BCUT2D eigenvalue weighted by atomic mass is 16.5. The lowest BCUT2D eigenvalue weighted by Gasteiger charge is -2.16. The van der Waals surface area contributed by atoms with E-state index in [1.54, 1.807) is 0 Å². The molecule has 27 heavy (non-hydrogen) atoms. The molecule has 0 aromatic rings. The van der Waals surface area contributed by atoms with Gasteiger partial charge in [0.25, 0.3) is 0 Å². The predicted molar refractivity (Wildman–Crippen MR) is 92.8 cm³/mol. The maximum Gasteiger partial charge on any atom is 0.332 e. The van der Waals surface area contributed by atoms with Gasteiger partial charge in [-0.3, -0.25) is 14.4 Å². The molecule has 0 heterocycles. The molecule has 0 spiro atoms. The summed E-state index contributed by atoms with van der Waals surface area (Å²) in [5.74, 6) is -4.10. The molecule has 0 bridgehead atoms. The summed E-state index contributed by atoms with van der Waals surface area (Å²) in [5.41, 5.74) is -0.523. The average molecular weight is 382 g/mol. The number of hydrogen-bond donors (Lipinski definition) is 2. The molecule has 8 heteroatoms. The van der Waals surface area contributed by atoms with Gasteiger partial charge in [0.05, 0.1) is 19.3 Å². The third-order valence-electron chi connectivity index (χ3n) is 4.93. The smallest absolute Gasteiger partial charge is 0.332 e. The minimum atomic E-state index is -1.46. The Kier molecular flexibility index (Phi) is 7.82. The molecule has 2 N–H and O–H groups in total. The van der Waals surface area contributed by atoms with Gasteiger partial charge in [0.2, 0.25) is 0 Å². The lowest BCUT2D eigenvalue weighted by Crippen LogP contribution is -2.20. The van der Waals surface area contributed by atoms with Gasteiger partial charge in [0.1, 0.15) is 12.2 Å². The number of carbonyl (C=O) groups excluding carboxylic acids is 2. The van der Waals surface area contributed by atoms with Crippen molar-refractivity contribution in [2.24, 2.45) is 0 Å². The summed E-state index contributed by atoms with van der Waals surface area (Å²) in [5, 5.41) is 18.3. The van der Waals surface area contributed by atoms with Crippen molar-refractivity contribution in [2.45, 2.75) is 82.8 Å². The van der Waals surface area contributed by atoms with Crippen LogP contribution in [0.1, 0.15) is 70.6 Å². The van der Waals surface area contributed by atoms with E-state index in [1.165, 1.54) is 0 Å². The van der Waals surface area contributed by atoms with Gasteiger partial charge in [-0.2, -0.15) is 0 Å². The summed E-state index contributed by atoms with van der Waals surface area (Å²) >= 11 is 0. The Bertz CT molecular complexity index is 575. The zero-order valence-corrected chi connectivity index (χ0v) is 15.3. The van der Waals surface area contributed by atoms with Crippen LogP contribution < -0.4 is 0 Å². The fourth-order valence-corrected chi connectivity index (χ4v) is 3.59. The first-order chi connectivity index (χ1) is 12.8. The molecule has 0 atom stereocenters. The summed E-state index contributed by atoms with van der Waals surface area (Å²) < 4.78 is 10.7. The van der Waals surface area contributed by atoms with Crippen molar-refractivity contribution in [2.75, 3.05) is 0 Å². The van der Waals surface area contributed by atoms with Crippen LogP contribution in [0.3, 0.4) is 0 Å². The van der Waals surface area contributed by atoms with Gasteiger partial charge in [-0.05, 0) is 56.9 Å². The quantitative estimate of drug-likeness (QED) is 0.460. The second-order valence-electron chi connectivity index (χ2n) is 7.10. The molecule has 0 amide bonds. The largest absolute Gasteiger partial charge is 0.481 e. The van der Waals surface area contributed by atoms with Crippen LogP contribution in [-0.4, -0.2) is 46.3 Å². The van der Waals surface area contributed by atoms with E-state index in [1.807, 2.05) is 0 Å². The van der Waals surface area contributed by atoms with E-state index in [-0.39, 0.29) is 17.8 Å². The van der Waals surface area contributed by atoms with Crippen LogP contribution in [0.25, 0.3) is 0 Å². The monoisotopic (exact) mass is 382 g/mol. The first kappa shape index (κ1) is 20.9. The Morgan fingerprint density at radius 3 is 1.44 bits per heavy atom. The van der Waals surface area contributed by atoms with E-state index in [9.17, 15) is 24.3 Å². The van der Waals surface area contributed by atoms with Crippen LogP contribution in [0, 0.1) is 0 Å². The number of carboxylic acids is 2. The fourth-order valence-electron chi connectivity index (χ4n) is 3.59. The number of carboxylic acid groups (broad SMARTS) is 2. The van der Waals surface area contributed by atoms with Gasteiger partial charge >= 0.3 is 23.9 Å². The van der Waals surface area contributed by atoms with E-state index >= 15 is 0 Å². The van der Waals surface area contributed by atoms with Crippen molar-refractivity contribution in [3.8, 4) is 0 Å². The molecular formula is C19H26O8. The predicted octanol–water partition coefficient (Wildman–Crippen LogP) is 2.59. The first-order valence-corrected chi connectivity index (χ1v) is 9.40. The van der Waals surface area contributed by atoms with Crippen LogP contribution >= 0.6 is 0 Å². The number of ether oxygens (including phenoxy) is 2. The Morgan fingerprint density at radius 2 is 1.11 bits per heavy atom. The molecule has 0 aromatic carbocycles. The van der Waals surface area contributed by atoms with E-state index in [2.05, 4.69) is 0 Å². The summed E-state index contributed by atoms with van der Waals surface area (Å²) in [6, 6.07) is 0. The number of hydrogen-bond acceptors (Lipinski definition) is 6. The zero-order chi connectivity index (χ0) is 19.8. The van der Waals surface area contributed by atoms with E-state index in [0.29, 0.717) is 0 Å². The Labute approximate surface area is 157 Å². The number of esters is 2. The van der Waals surface area contributed by atoms with E-state index in [4.69, 9.17) is 14.6 Å². The fraction of sp³-hybridized carbons (Fsp3) is 0.684. The van der Waals surface area contributed by atoms with Gasteiger partial charge in [-0.1, -0.05) is 0 Å². The SMILES string of the molecule is O=C(O)CC(C(=O)O)=C(CC(=O)OC1CCCC1)CC(=O)OC1CCCC1. The van der Waals surface area contributed by atoms with E-state index < -0.39 is 48.7 Å². The molecule has 2 aliphatic rings. The lowest BCUT2D eigenvalue weighted by molar-refractivity contribution is -0.149. The minimum absolute atomic E-state index is 0.0594. The maximum absolute atomic E-state index is 12.2. The topological polar surface area (TPSA) is 127 Å². The molecule has 0 saturated heterocycles. The van der Waals surface area contributed by atoms with Gasteiger partial charge in [0, 0.05) is 5.57 Å². The molecular weight excluding hydrogens is 356 g/mol. The molecule has 8 nitrogen and oxygen atoms in total. The first-order valence-electron chi connectivity index (χ1n) is 9.40. The summed E-state index contributed by atoms with van der Waals surface area (Å²) in [6.45, 7) is 0. The van der Waals surface area contributed by atoms with Crippen molar-refractivity contribution >= 4 is 23.9 Å². The maximum atomic E-state index is 12.2. The van der Waals surface area contributed by atoms with Gasteiger partial charge < -0.3 is 19.7 Å². The molecule has 2 fully saturated rings. The van der Waals surface area contributed by atoms with Crippen molar-refractivity contribution in [3.63, 3.8) is 0 Å². The van der Waals surface area contributed by atoms with Crippen LogP contribution in [0.2, 0.25) is 0 Å². The van der Waals surface area contributed by atoms with E-state index in [0.717, 1.165) is 51.4 Å². The summed E-state index contributed by atoms with van der Waals surface area (Å²) in [7, 11) is 0. The number of aliphatic carboxylic acids is 2. The molecule has 0 unspecified atom stereocenters. The second-order valence-corrected chi connectivity index (χ2v) is 7.10. The number of rotatable bonds is 9. The van der Waals surface area contributed by atoms with Crippen LogP contribution in [0.4, 0.5) is 0 Å². The molecule has 2 rings (SSSR count). The van der Waals surface area contributed by atoms with Gasteiger partial charge in [-0.15, -0.1) is 0 Å². The third-order valence-corrected chi connectivity index (χ3v) is 4.93. The highest BCUT2D eigenvalue weighted by Crippen LogP contribution is 2.26. The normalized spacial score (nSPS) is 17.5. The highest BCUT2D eigenvalue weighted by Gasteiger charge is 2.27. The van der Waals surface area contributed by atoms with Crippen molar-refractivity contribution in [3.05, 3.63) is 11.1 Å². The molecule has 0 aromatic heterocycles. The molecule has 0 aliphatic heterocycles. The van der Waals surface area contributed by atoms with Crippen LogP contribution in [-0.2, 0) is 28.7 Å². The Hall–Kier alpha value is -2.38. The summed E-state index contributed by atoms with van der Waals surface area (Å²) in [6.07, 6.45) is 4.88. The third kappa shape index (κ3) is 7.03. The van der Waals surface area contributed by atoms with Crippen molar-refractivity contribution in [1.82, 2.24) is 0 Å². The minimum Gasteiger partial charge on any atom is -0.481 e. The van der Waals surface area contributed by atoms with Crippen molar-refractivity contribution in [1.29, 1.82) is 0 Å².